The van der Waals surface area contributed by atoms with Crippen molar-refractivity contribution in [1.29, 1.82) is 0 Å². The lowest BCUT2D eigenvalue weighted by atomic mass is 9.87. The second kappa shape index (κ2) is 11.0. The molecular weight excluding hydrogens is 488 g/mol. The fourth-order valence-corrected chi connectivity index (χ4v) is 5.15. The van der Waals surface area contributed by atoms with Crippen molar-refractivity contribution in [1.82, 2.24) is 9.97 Å². The summed E-state index contributed by atoms with van der Waals surface area (Å²) in [5.74, 6) is 1.42. The normalized spacial score (nSPS) is 11.2. The number of nitrogens with zero attached hydrogens (tertiary/aromatic N) is 1. The molecule has 0 aliphatic heterocycles. The first-order valence-electron chi connectivity index (χ1n) is 12.7. The van der Waals surface area contributed by atoms with E-state index in [9.17, 15) is 0 Å². The van der Waals surface area contributed by atoms with Gasteiger partial charge in [-0.2, -0.15) is 0 Å². The summed E-state index contributed by atoms with van der Waals surface area (Å²) in [7, 11) is 3.25. The van der Waals surface area contributed by atoms with Crippen LogP contribution in [-0.2, 0) is 9.47 Å². The number of fused-ring (bicyclic) bond motifs is 2. The Morgan fingerprint density at radius 2 is 1.31 bits per heavy atom. The van der Waals surface area contributed by atoms with Gasteiger partial charge < -0.3 is 23.9 Å². The van der Waals surface area contributed by atoms with E-state index in [0.717, 1.165) is 55.1 Å². The molecule has 0 aliphatic carbocycles. The van der Waals surface area contributed by atoms with Crippen LogP contribution < -0.4 is 9.47 Å². The third kappa shape index (κ3) is 4.61. The Morgan fingerprint density at radius 1 is 0.641 bits per heavy atom. The summed E-state index contributed by atoms with van der Waals surface area (Å²) in [4.78, 5) is 7.52. The van der Waals surface area contributed by atoms with Gasteiger partial charge in [-0.3, -0.25) is 0 Å². The number of ether oxygens (including phenoxy) is 4. The average Bonchev–Trinajstić information content (AvgIpc) is 3.53. The molecule has 6 heteroatoms. The Morgan fingerprint density at radius 3 is 2.05 bits per heavy atom. The molecule has 5 aromatic carbocycles. The molecule has 39 heavy (non-hydrogen) atoms. The van der Waals surface area contributed by atoms with Crippen LogP contribution in [0.15, 0.2) is 104 Å². The Balaban J connectivity index is 1.75. The van der Waals surface area contributed by atoms with Crippen molar-refractivity contribution in [3.05, 3.63) is 104 Å². The smallest absolute Gasteiger partial charge is 0.188 e. The van der Waals surface area contributed by atoms with Crippen LogP contribution >= 0.6 is 0 Å². The van der Waals surface area contributed by atoms with E-state index in [1.54, 1.807) is 20.5 Å². The largest absolute Gasteiger partial charge is 0.467 e. The number of imidazole rings is 1. The molecule has 1 heterocycles. The Bertz CT molecular complexity index is 1740. The minimum atomic E-state index is 0.0869. The Labute approximate surface area is 226 Å². The Kier molecular flexibility index (Phi) is 6.95. The fourth-order valence-electron chi connectivity index (χ4n) is 5.15. The van der Waals surface area contributed by atoms with Crippen LogP contribution in [0.25, 0.3) is 55.1 Å². The number of H-pyrrole nitrogens is 1. The van der Waals surface area contributed by atoms with Crippen LogP contribution in [0.3, 0.4) is 0 Å². The fraction of sp³-hybridized carbons (Fsp3) is 0.121. The summed E-state index contributed by atoms with van der Waals surface area (Å²) in [5, 5.41) is 4.28. The molecule has 194 valence electrons. The highest BCUT2D eigenvalue weighted by Gasteiger charge is 2.24. The van der Waals surface area contributed by atoms with E-state index in [4.69, 9.17) is 18.9 Å². The first-order valence-corrected chi connectivity index (χ1v) is 12.7. The second-order valence-electron chi connectivity index (χ2n) is 9.12. The van der Waals surface area contributed by atoms with Gasteiger partial charge in [0.1, 0.15) is 11.5 Å². The number of aromatic amines is 1. The SMILES string of the molecule is COCOc1ccc2ccccc2c1-c1c(OCOC)c(-c2ccccc2-c2cnc[nH]2)cc2ccccc12. The van der Waals surface area contributed by atoms with Crippen molar-refractivity contribution in [2.75, 3.05) is 27.8 Å². The van der Waals surface area contributed by atoms with Crippen LogP contribution in [-0.4, -0.2) is 37.8 Å². The zero-order chi connectivity index (χ0) is 26.6. The first-order chi connectivity index (χ1) is 19.3. The number of rotatable bonds is 9. The van der Waals surface area contributed by atoms with E-state index in [1.807, 2.05) is 42.6 Å². The average molecular weight is 517 g/mol. The predicted octanol–water partition coefficient (Wildman–Crippen LogP) is 7.68. The van der Waals surface area contributed by atoms with E-state index in [1.165, 1.54) is 0 Å². The van der Waals surface area contributed by atoms with Crippen molar-refractivity contribution in [2.24, 2.45) is 0 Å². The lowest BCUT2D eigenvalue weighted by Crippen LogP contribution is -2.05. The van der Waals surface area contributed by atoms with E-state index < -0.39 is 0 Å². The quantitative estimate of drug-likeness (QED) is 0.200. The highest BCUT2D eigenvalue weighted by molar-refractivity contribution is 6.12. The monoisotopic (exact) mass is 516 g/mol. The molecule has 1 aromatic heterocycles. The van der Waals surface area contributed by atoms with Gasteiger partial charge in [-0.1, -0.05) is 78.9 Å². The Hall–Kier alpha value is -4.65. The van der Waals surface area contributed by atoms with Crippen molar-refractivity contribution in [2.45, 2.75) is 0 Å². The molecule has 0 unspecified atom stereocenters. The molecule has 0 amide bonds. The zero-order valence-corrected chi connectivity index (χ0v) is 21.8. The number of benzene rings is 5. The third-order valence-corrected chi connectivity index (χ3v) is 6.80. The lowest BCUT2D eigenvalue weighted by molar-refractivity contribution is 0.0504. The molecule has 0 aliphatic rings. The van der Waals surface area contributed by atoms with Crippen molar-refractivity contribution in [3.8, 4) is 45.0 Å². The van der Waals surface area contributed by atoms with Gasteiger partial charge in [-0.05, 0) is 39.2 Å². The molecule has 0 radical (unpaired) electrons. The molecule has 0 saturated heterocycles. The van der Waals surface area contributed by atoms with Crippen LogP contribution in [0.1, 0.15) is 0 Å². The van der Waals surface area contributed by atoms with Gasteiger partial charge in [-0.15, -0.1) is 0 Å². The summed E-state index contributed by atoms with van der Waals surface area (Å²) in [6.07, 6.45) is 3.52. The van der Waals surface area contributed by atoms with Crippen LogP contribution in [0.2, 0.25) is 0 Å². The van der Waals surface area contributed by atoms with E-state index in [0.29, 0.717) is 11.5 Å². The minimum absolute atomic E-state index is 0.0869. The molecule has 0 saturated carbocycles. The third-order valence-electron chi connectivity index (χ3n) is 6.80. The maximum absolute atomic E-state index is 6.48. The van der Waals surface area contributed by atoms with E-state index in [-0.39, 0.29) is 13.6 Å². The van der Waals surface area contributed by atoms with Crippen LogP contribution in [0.4, 0.5) is 0 Å². The number of aromatic nitrogens is 2. The maximum atomic E-state index is 6.48. The predicted molar refractivity (Wildman–Crippen MR) is 155 cm³/mol. The first kappa shape index (κ1) is 24.7. The number of hydrogen-bond acceptors (Lipinski definition) is 5. The molecule has 6 nitrogen and oxygen atoms in total. The topological polar surface area (TPSA) is 65.6 Å². The summed E-state index contributed by atoms with van der Waals surface area (Å²) >= 11 is 0. The van der Waals surface area contributed by atoms with E-state index in [2.05, 4.69) is 64.6 Å². The van der Waals surface area contributed by atoms with Gasteiger partial charge in [0.25, 0.3) is 0 Å². The molecule has 6 rings (SSSR count). The van der Waals surface area contributed by atoms with Gasteiger partial charge in [0, 0.05) is 36.5 Å². The molecule has 1 N–H and O–H groups in total. The summed E-state index contributed by atoms with van der Waals surface area (Å²) in [6.45, 7) is 0.212. The molecule has 6 aromatic rings. The van der Waals surface area contributed by atoms with Gasteiger partial charge in [0.05, 0.1) is 18.2 Å². The van der Waals surface area contributed by atoms with Crippen molar-refractivity contribution < 1.29 is 18.9 Å². The maximum Gasteiger partial charge on any atom is 0.188 e. The van der Waals surface area contributed by atoms with Crippen molar-refractivity contribution in [3.63, 3.8) is 0 Å². The van der Waals surface area contributed by atoms with Crippen molar-refractivity contribution >= 4 is 21.5 Å². The van der Waals surface area contributed by atoms with Crippen LogP contribution in [0, 0.1) is 0 Å². The highest BCUT2D eigenvalue weighted by Crippen LogP contribution is 2.50. The molecule has 0 fully saturated rings. The second-order valence-corrected chi connectivity index (χ2v) is 9.12. The lowest BCUT2D eigenvalue weighted by Gasteiger charge is -2.22. The van der Waals surface area contributed by atoms with Crippen LogP contribution in [0.5, 0.6) is 11.5 Å². The molecular formula is C33H28N2O4. The number of nitrogens with one attached hydrogen (secondary N) is 1. The minimum Gasteiger partial charge on any atom is -0.467 e. The summed E-state index contributed by atoms with van der Waals surface area (Å²) in [6, 6.07) is 31.2. The van der Waals surface area contributed by atoms with E-state index >= 15 is 0 Å². The highest BCUT2D eigenvalue weighted by atomic mass is 16.7. The van der Waals surface area contributed by atoms with Gasteiger partial charge in [0.2, 0.25) is 0 Å². The number of methoxy groups -OCH3 is 2. The standard InChI is InChI=1S/C33H28N2O4/c1-36-20-38-30-16-15-22-9-3-5-11-24(22)31(30)32-25-12-6-4-10-23(25)17-28(33(32)39-21-37-2)26-13-7-8-14-27(26)29-18-34-19-35-29/h3-19H,20-21H2,1-2H3,(H,34,35). The molecule has 0 bridgehead atoms. The molecule has 0 spiro atoms. The van der Waals surface area contributed by atoms with Gasteiger partial charge in [0.15, 0.2) is 13.6 Å². The summed E-state index contributed by atoms with van der Waals surface area (Å²) < 4.78 is 23.4. The number of hydrogen-bond donors (Lipinski definition) is 1. The van der Waals surface area contributed by atoms with Gasteiger partial charge in [-0.25, -0.2) is 4.98 Å². The molecule has 0 atom stereocenters. The van der Waals surface area contributed by atoms with Gasteiger partial charge >= 0.3 is 0 Å². The zero-order valence-electron chi connectivity index (χ0n) is 21.8. The summed E-state index contributed by atoms with van der Waals surface area (Å²) in [5.41, 5.74) is 5.77.